The molecule has 0 N–H and O–H groups in total. The van der Waals surface area contributed by atoms with Crippen molar-refractivity contribution in [3.05, 3.63) is 71.2 Å². The summed E-state index contributed by atoms with van der Waals surface area (Å²) >= 11 is 0. The molecule has 0 saturated carbocycles. The predicted octanol–water partition coefficient (Wildman–Crippen LogP) is 3.25. The Labute approximate surface area is 127 Å². The van der Waals surface area contributed by atoms with Gasteiger partial charge in [-0.2, -0.15) is 0 Å². The van der Waals surface area contributed by atoms with Crippen molar-refractivity contribution in [1.82, 2.24) is 15.0 Å². The number of aldehydes is 1. The summed E-state index contributed by atoms with van der Waals surface area (Å²) in [6.45, 7) is 2.43. The lowest BCUT2D eigenvalue weighted by Gasteiger charge is -2.08. The molecule has 0 bridgehead atoms. The van der Waals surface area contributed by atoms with E-state index in [1.165, 1.54) is 6.07 Å². The summed E-state index contributed by atoms with van der Waals surface area (Å²) in [5, 5.41) is 7.84. The summed E-state index contributed by atoms with van der Waals surface area (Å²) in [6, 6.07) is 14.2. The Balaban J connectivity index is 2.06. The Hall–Kier alpha value is -2.82. The van der Waals surface area contributed by atoms with Crippen LogP contribution in [-0.2, 0) is 6.54 Å². The van der Waals surface area contributed by atoms with Crippen LogP contribution >= 0.6 is 0 Å². The van der Waals surface area contributed by atoms with Gasteiger partial charge in [-0.25, -0.2) is 9.07 Å². The zero-order valence-corrected chi connectivity index (χ0v) is 12.0. The highest BCUT2D eigenvalue weighted by atomic mass is 19.1. The van der Waals surface area contributed by atoms with Crippen molar-refractivity contribution < 1.29 is 9.18 Å². The van der Waals surface area contributed by atoms with Crippen molar-refractivity contribution >= 4 is 6.29 Å². The molecule has 1 aromatic heterocycles. The highest BCUT2D eigenvalue weighted by Gasteiger charge is 2.17. The number of halogens is 1. The van der Waals surface area contributed by atoms with Crippen LogP contribution < -0.4 is 0 Å². The SMILES string of the molecule is Cc1ccc(Cn2nnc(C=O)c2-c2ccccc2F)cc1. The Bertz CT molecular complexity index is 809. The van der Waals surface area contributed by atoms with Gasteiger partial charge in [-0.05, 0) is 24.6 Å². The van der Waals surface area contributed by atoms with Crippen LogP contribution in [0.5, 0.6) is 0 Å². The molecule has 3 rings (SSSR count). The van der Waals surface area contributed by atoms with Crippen LogP contribution in [0.1, 0.15) is 21.6 Å². The van der Waals surface area contributed by atoms with Gasteiger partial charge in [0.25, 0.3) is 0 Å². The molecule has 110 valence electrons. The highest BCUT2D eigenvalue weighted by Crippen LogP contribution is 2.25. The lowest BCUT2D eigenvalue weighted by Crippen LogP contribution is -2.05. The van der Waals surface area contributed by atoms with E-state index in [9.17, 15) is 9.18 Å². The van der Waals surface area contributed by atoms with Crippen LogP contribution in [-0.4, -0.2) is 21.3 Å². The molecule has 0 atom stereocenters. The average molecular weight is 295 g/mol. The lowest BCUT2D eigenvalue weighted by molar-refractivity contribution is 0.111. The maximum absolute atomic E-state index is 14.1. The van der Waals surface area contributed by atoms with Crippen LogP contribution in [0.2, 0.25) is 0 Å². The molecule has 3 aromatic rings. The molecule has 0 saturated heterocycles. The molecule has 0 radical (unpaired) electrons. The van der Waals surface area contributed by atoms with Gasteiger partial charge in [-0.15, -0.1) is 5.10 Å². The average Bonchev–Trinajstić information content (AvgIpc) is 2.93. The van der Waals surface area contributed by atoms with E-state index in [2.05, 4.69) is 10.3 Å². The van der Waals surface area contributed by atoms with Gasteiger partial charge in [0, 0.05) is 5.56 Å². The summed E-state index contributed by atoms with van der Waals surface area (Å²) in [6.07, 6.45) is 0.598. The summed E-state index contributed by atoms with van der Waals surface area (Å²) < 4.78 is 15.6. The Kier molecular flexibility index (Phi) is 3.78. The second-order valence-electron chi connectivity index (χ2n) is 5.06. The van der Waals surface area contributed by atoms with Gasteiger partial charge in [0.1, 0.15) is 11.5 Å². The normalized spacial score (nSPS) is 10.6. The van der Waals surface area contributed by atoms with Crippen LogP contribution in [0.25, 0.3) is 11.3 Å². The maximum atomic E-state index is 14.1. The van der Waals surface area contributed by atoms with E-state index in [0.717, 1.165) is 11.1 Å². The number of aryl methyl sites for hydroxylation is 1. The van der Waals surface area contributed by atoms with E-state index < -0.39 is 5.82 Å². The van der Waals surface area contributed by atoms with Crippen LogP contribution in [0, 0.1) is 12.7 Å². The Morgan fingerprint density at radius 2 is 1.86 bits per heavy atom. The second kappa shape index (κ2) is 5.89. The van der Waals surface area contributed by atoms with Gasteiger partial charge in [-0.3, -0.25) is 4.79 Å². The number of aromatic nitrogens is 3. The summed E-state index contributed by atoms with van der Waals surface area (Å²) in [5.74, 6) is -0.405. The van der Waals surface area contributed by atoms with Gasteiger partial charge in [0.2, 0.25) is 0 Å². The summed E-state index contributed by atoms with van der Waals surface area (Å²) in [7, 11) is 0. The largest absolute Gasteiger partial charge is 0.296 e. The third-order valence-corrected chi connectivity index (χ3v) is 3.45. The molecule has 5 heteroatoms. The minimum absolute atomic E-state index is 0.136. The van der Waals surface area contributed by atoms with Crippen LogP contribution in [0.3, 0.4) is 0 Å². The molecule has 0 fully saturated rings. The van der Waals surface area contributed by atoms with Gasteiger partial charge in [-0.1, -0.05) is 47.2 Å². The van der Waals surface area contributed by atoms with E-state index in [0.29, 0.717) is 24.1 Å². The zero-order valence-electron chi connectivity index (χ0n) is 12.0. The smallest absolute Gasteiger partial charge is 0.172 e. The molecule has 22 heavy (non-hydrogen) atoms. The van der Waals surface area contributed by atoms with Crippen LogP contribution in [0.15, 0.2) is 48.5 Å². The molecule has 4 nitrogen and oxygen atoms in total. The zero-order chi connectivity index (χ0) is 15.5. The molecule has 2 aromatic carbocycles. The van der Waals surface area contributed by atoms with E-state index in [1.807, 2.05) is 31.2 Å². The number of hydrogen-bond donors (Lipinski definition) is 0. The number of hydrogen-bond acceptors (Lipinski definition) is 3. The molecule has 0 aliphatic heterocycles. The molecular weight excluding hydrogens is 281 g/mol. The molecule has 0 aliphatic carbocycles. The standard InChI is InChI=1S/C17H14FN3O/c1-12-6-8-13(9-7-12)10-21-17(16(11-22)19-20-21)14-4-2-3-5-15(14)18/h2-9,11H,10H2,1H3. The molecule has 0 spiro atoms. The first-order chi connectivity index (χ1) is 10.7. The number of benzene rings is 2. The van der Waals surface area contributed by atoms with E-state index in [1.54, 1.807) is 22.9 Å². The molecular formula is C17H14FN3O. The monoisotopic (exact) mass is 295 g/mol. The fraction of sp³-hybridized carbons (Fsp3) is 0.118. The fourth-order valence-corrected chi connectivity index (χ4v) is 2.31. The van der Waals surface area contributed by atoms with E-state index >= 15 is 0 Å². The highest BCUT2D eigenvalue weighted by molar-refractivity contribution is 5.83. The van der Waals surface area contributed by atoms with Crippen molar-refractivity contribution in [2.75, 3.05) is 0 Å². The van der Waals surface area contributed by atoms with Crippen molar-refractivity contribution in [2.24, 2.45) is 0 Å². The third kappa shape index (κ3) is 2.65. The van der Waals surface area contributed by atoms with Gasteiger partial charge >= 0.3 is 0 Å². The van der Waals surface area contributed by atoms with Crippen molar-refractivity contribution in [2.45, 2.75) is 13.5 Å². The number of nitrogens with zero attached hydrogens (tertiary/aromatic N) is 3. The number of rotatable bonds is 4. The number of carbonyl (C=O) groups is 1. The third-order valence-electron chi connectivity index (χ3n) is 3.45. The van der Waals surface area contributed by atoms with Gasteiger partial charge in [0.15, 0.2) is 12.0 Å². The topological polar surface area (TPSA) is 47.8 Å². The predicted molar refractivity (Wildman–Crippen MR) is 81.1 cm³/mol. The first kappa shape index (κ1) is 14.1. The minimum Gasteiger partial charge on any atom is -0.296 e. The van der Waals surface area contributed by atoms with E-state index in [4.69, 9.17) is 0 Å². The first-order valence-electron chi connectivity index (χ1n) is 6.88. The van der Waals surface area contributed by atoms with Crippen LogP contribution in [0.4, 0.5) is 4.39 Å². The van der Waals surface area contributed by atoms with Crippen molar-refractivity contribution in [1.29, 1.82) is 0 Å². The molecule has 0 unspecified atom stereocenters. The molecule has 0 aliphatic rings. The minimum atomic E-state index is -0.405. The number of carbonyl (C=O) groups excluding carboxylic acids is 1. The lowest BCUT2D eigenvalue weighted by atomic mass is 10.1. The molecule has 0 amide bonds. The first-order valence-corrected chi connectivity index (χ1v) is 6.88. The second-order valence-corrected chi connectivity index (χ2v) is 5.06. The van der Waals surface area contributed by atoms with Gasteiger partial charge < -0.3 is 0 Å². The Morgan fingerprint density at radius 1 is 1.14 bits per heavy atom. The van der Waals surface area contributed by atoms with Crippen molar-refractivity contribution in [3.63, 3.8) is 0 Å². The summed E-state index contributed by atoms with van der Waals surface area (Å²) in [4.78, 5) is 11.2. The summed E-state index contributed by atoms with van der Waals surface area (Å²) in [5.41, 5.74) is 3.02. The maximum Gasteiger partial charge on any atom is 0.172 e. The quantitative estimate of drug-likeness (QED) is 0.694. The fourth-order valence-electron chi connectivity index (χ4n) is 2.31. The molecule has 1 heterocycles. The van der Waals surface area contributed by atoms with E-state index in [-0.39, 0.29) is 5.69 Å². The Morgan fingerprint density at radius 3 is 2.55 bits per heavy atom. The van der Waals surface area contributed by atoms with Crippen molar-refractivity contribution in [3.8, 4) is 11.3 Å². The van der Waals surface area contributed by atoms with Gasteiger partial charge in [0.05, 0.1) is 6.54 Å².